The van der Waals surface area contributed by atoms with Gasteiger partial charge < -0.3 is 14.5 Å². The summed E-state index contributed by atoms with van der Waals surface area (Å²) in [5.74, 6) is -0.647. The number of ether oxygens (including phenoxy) is 1. The first-order valence-electron chi connectivity index (χ1n) is 10.6. The molecular formula is C24H24FNO5S. The van der Waals surface area contributed by atoms with E-state index in [9.17, 15) is 17.6 Å². The van der Waals surface area contributed by atoms with Crippen molar-refractivity contribution in [3.05, 3.63) is 59.1 Å². The van der Waals surface area contributed by atoms with Crippen molar-refractivity contribution in [1.29, 1.82) is 0 Å². The third kappa shape index (κ3) is 3.42. The fourth-order valence-electron chi connectivity index (χ4n) is 4.71. The standard InChI is InChI=1S/C24H24FNO5S/c1-24(2,3)31-23(27)22-19(32(28,29)15-6-4-5-13(25)11-15)10-9-17-21(22)20-16-8-7-14(26-16)12-18(20)30-17/h4-6,9-11,14,16,26H,7-8,12H2,1-3H3. The van der Waals surface area contributed by atoms with Gasteiger partial charge in [-0.05, 0) is 63.9 Å². The number of fused-ring (bicyclic) bond motifs is 6. The smallest absolute Gasteiger partial charge is 0.340 e. The van der Waals surface area contributed by atoms with Crippen LogP contribution in [0.3, 0.4) is 0 Å². The largest absolute Gasteiger partial charge is 0.461 e. The third-order valence-corrected chi connectivity index (χ3v) is 7.75. The molecule has 0 aliphatic carbocycles. The number of nitrogens with one attached hydrogen (secondary N) is 1. The molecule has 6 nitrogen and oxygen atoms in total. The lowest BCUT2D eigenvalue weighted by molar-refractivity contribution is 0.00674. The first kappa shape index (κ1) is 21.2. The van der Waals surface area contributed by atoms with Crippen molar-refractivity contribution < 1.29 is 26.8 Å². The van der Waals surface area contributed by atoms with Gasteiger partial charge in [-0.1, -0.05) is 6.07 Å². The highest BCUT2D eigenvalue weighted by atomic mass is 32.2. The Labute approximate surface area is 185 Å². The molecule has 2 aliphatic rings. The zero-order chi connectivity index (χ0) is 22.8. The third-order valence-electron chi connectivity index (χ3n) is 5.95. The maximum Gasteiger partial charge on any atom is 0.340 e. The number of sulfone groups is 1. The molecule has 0 spiro atoms. The Morgan fingerprint density at radius 2 is 1.97 bits per heavy atom. The Balaban J connectivity index is 1.80. The highest BCUT2D eigenvalue weighted by molar-refractivity contribution is 7.91. The minimum atomic E-state index is -4.21. The summed E-state index contributed by atoms with van der Waals surface area (Å²) in [5.41, 5.74) is 0.382. The second-order valence-corrected chi connectivity index (χ2v) is 11.3. The molecule has 0 saturated carbocycles. The highest BCUT2D eigenvalue weighted by Gasteiger charge is 2.40. The maximum absolute atomic E-state index is 13.8. The van der Waals surface area contributed by atoms with Crippen LogP contribution in [0.1, 0.15) is 61.3 Å². The summed E-state index contributed by atoms with van der Waals surface area (Å²) < 4.78 is 52.7. The van der Waals surface area contributed by atoms with E-state index in [4.69, 9.17) is 9.15 Å². The zero-order valence-corrected chi connectivity index (χ0v) is 18.9. The molecular weight excluding hydrogens is 433 g/mol. The van der Waals surface area contributed by atoms with Gasteiger partial charge in [0.25, 0.3) is 0 Å². The van der Waals surface area contributed by atoms with Crippen molar-refractivity contribution in [1.82, 2.24) is 5.32 Å². The van der Waals surface area contributed by atoms with E-state index in [1.165, 1.54) is 24.3 Å². The number of hydrogen-bond donors (Lipinski definition) is 1. The van der Waals surface area contributed by atoms with Gasteiger partial charge in [0.15, 0.2) is 0 Å². The van der Waals surface area contributed by atoms with Crippen LogP contribution in [0.25, 0.3) is 11.0 Å². The number of rotatable bonds is 3. The van der Waals surface area contributed by atoms with Crippen LogP contribution in [0.5, 0.6) is 0 Å². The topological polar surface area (TPSA) is 85.6 Å². The van der Waals surface area contributed by atoms with Crippen LogP contribution in [0.2, 0.25) is 0 Å². The molecule has 1 aromatic heterocycles. The number of furan rings is 1. The lowest BCUT2D eigenvalue weighted by Gasteiger charge is -2.23. The molecule has 2 atom stereocenters. The first-order valence-corrected chi connectivity index (χ1v) is 12.1. The minimum absolute atomic E-state index is 0.0155. The van der Waals surface area contributed by atoms with Crippen molar-refractivity contribution >= 4 is 26.8 Å². The molecule has 2 bridgehead atoms. The maximum atomic E-state index is 13.8. The number of carbonyl (C=O) groups excluding carboxylic acids is 1. The molecule has 2 aliphatic heterocycles. The van der Waals surface area contributed by atoms with Crippen LogP contribution in [0.15, 0.2) is 50.6 Å². The van der Waals surface area contributed by atoms with E-state index in [0.717, 1.165) is 30.2 Å². The Morgan fingerprint density at radius 1 is 1.19 bits per heavy atom. The van der Waals surface area contributed by atoms with Gasteiger partial charge in [0.1, 0.15) is 22.8 Å². The molecule has 0 amide bonds. The number of carbonyl (C=O) groups is 1. The van der Waals surface area contributed by atoms with E-state index in [1.54, 1.807) is 26.8 Å². The summed E-state index contributed by atoms with van der Waals surface area (Å²) in [7, 11) is -4.21. The van der Waals surface area contributed by atoms with Crippen molar-refractivity contribution in [3.63, 3.8) is 0 Å². The number of benzene rings is 2. The summed E-state index contributed by atoms with van der Waals surface area (Å²) >= 11 is 0. The van der Waals surface area contributed by atoms with Gasteiger partial charge >= 0.3 is 5.97 Å². The van der Waals surface area contributed by atoms with Gasteiger partial charge in [0.05, 0.1) is 15.4 Å². The molecule has 8 heteroatoms. The fraction of sp³-hybridized carbons (Fsp3) is 0.375. The average molecular weight is 458 g/mol. The fourth-order valence-corrected chi connectivity index (χ4v) is 6.19. The van der Waals surface area contributed by atoms with Gasteiger partial charge in [-0.25, -0.2) is 17.6 Å². The minimum Gasteiger partial charge on any atom is -0.461 e. The summed E-state index contributed by atoms with van der Waals surface area (Å²) in [6.07, 6.45) is 2.54. The predicted molar refractivity (Wildman–Crippen MR) is 116 cm³/mol. The van der Waals surface area contributed by atoms with Crippen LogP contribution >= 0.6 is 0 Å². The highest BCUT2D eigenvalue weighted by Crippen LogP contribution is 2.45. The van der Waals surface area contributed by atoms with Crippen molar-refractivity contribution in [3.8, 4) is 0 Å². The quantitative estimate of drug-likeness (QED) is 0.574. The Morgan fingerprint density at radius 3 is 2.69 bits per heavy atom. The number of halogens is 1. The summed E-state index contributed by atoms with van der Waals surface area (Å²) in [6.45, 7) is 5.17. The normalized spacial score (nSPS) is 20.4. The molecule has 1 N–H and O–H groups in total. The zero-order valence-electron chi connectivity index (χ0n) is 18.1. The van der Waals surface area contributed by atoms with Gasteiger partial charge in [0.2, 0.25) is 9.84 Å². The molecule has 0 radical (unpaired) electrons. The lowest BCUT2D eigenvalue weighted by Crippen LogP contribution is -2.31. The van der Waals surface area contributed by atoms with Crippen LogP contribution < -0.4 is 5.32 Å². The Hall–Kier alpha value is -2.71. The average Bonchev–Trinajstić information content (AvgIpc) is 3.27. The molecule has 3 heterocycles. The molecule has 3 aromatic rings. The summed E-state index contributed by atoms with van der Waals surface area (Å²) in [5, 5.41) is 3.99. The van der Waals surface area contributed by atoms with Crippen LogP contribution in [-0.2, 0) is 21.0 Å². The Bertz CT molecular complexity index is 1350. The van der Waals surface area contributed by atoms with E-state index in [1.807, 2.05) is 0 Å². The molecule has 1 saturated heterocycles. The molecule has 2 unspecified atom stereocenters. The molecule has 1 fully saturated rings. The van der Waals surface area contributed by atoms with Gasteiger partial charge in [-0.2, -0.15) is 0 Å². The van der Waals surface area contributed by atoms with E-state index in [-0.39, 0.29) is 21.4 Å². The van der Waals surface area contributed by atoms with Crippen LogP contribution in [0, 0.1) is 5.82 Å². The second kappa shape index (κ2) is 7.15. The van der Waals surface area contributed by atoms with E-state index < -0.39 is 27.2 Å². The van der Waals surface area contributed by atoms with E-state index in [0.29, 0.717) is 23.4 Å². The molecule has 32 heavy (non-hydrogen) atoms. The molecule has 5 rings (SSSR count). The predicted octanol–water partition coefficient (Wildman–Crippen LogP) is 4.71. The SMILES string of the molecule is CC(C)(C)OC(=O)c1c(S(=O)(=O)c2cccc(F)c2)ccc2oc3c(c12)C1CCC(C3)N1. The monoisotopic (exact) mass is 457 g/mol. The molecule has 168 valence electrons. The van der Waals surface area contributed by atoms with Crippen LogP contribution in [0.4, 0.5) is 4.39 Å². The van der Waals surface area contributed by atoms with Crippen molar-refractivity contribution in [2.75, 3.05) is 0 Å². The first-order chi connectivity index (χ1) is 15.0. The van der Waals surface area contributed by atoms with E-state index >= 15 is 0 Å². The van der Waals surface area contributed by atoms with Gasteiger partial charge in [0, 0.05) is 29.5 Å². The summed E-state index contributed by atoms with van der Waals surface area (Å²) in [4.78, 5) is 13.0. The lowest BCUT2D eigenvalue weighted by atomic mass is 9.96. The van der Waals surface area contributed by atoms with Crippen LogP contribution in [-0.4, -0.2) is 26.0 Å². The summed E-state index contributed by atoms with van der Waals surface area (Å²) in [6, 6.07) is 7.99. The van der Waals surface area contributed by atoms with Crippen molar-refractivity contribution in [2.24, 2.45) is 0 Å². The van der Waals surface area contributed by atoms with Gasteiger partial charge in [-0.15, -0.1) is 0 Å². The van der Waals surface area contributed by atoms with Crippen molar-refractivity contribution in [2.45, 2.75) is 67.5 Å². The molecule has 2 aromatic carbocycles. The number of esters is 1. The van der Waals surface area contributed by atoms with Gasteiger partial charge in [-0.3, -0.25) is 0 Å². The van der Waals surface area contributed by atoms with E-state index in [2.05, 4.69) is 5.32 Å². The number of hydrogen-bond acceptors (Lipinski definition) is 6. The Kier molecular flexibility index (Phi) is 4.73. The second-order valence-electron chi connectivity index (χ2n) is 9.41.